The summed E-state index contributed by atoms with van der Waals surface area (Å²) in [6.45, 7) is 3.93. The van der Waals surface area contributed by atoms with Crippen LogP contribution in [-0.2, 0) is 0 Å². The molecule has 0 fully saturated rings. The molecule has 5 nitrogen and oxygen atoms in total. The molecule has 0 bridgehead atoms. The first kappa shape index (κ1) is 15.2. The Kier molecular flexibility index (Phi) is 4.70. The molecule has 6 heteroatoms. The Balaban J connectivity index is 2.16. The molecular weight excluding hydrogens is 288 g/mol. The maximum absolute atomic E-state index is 12.2. The van der Waals surface area contributed by atoms with Crippen molar-refractivity contribution in [2.45, 2.75) is 26.3 Å². The van der Waals surface area contributed by atoms with E-state index in [0.29, 0.717) is 5.56 Å². The van der Waals surface area contributed by atoms with Gasteiger partial charge in [0.05, 0.1) is 11.6 Å². The van der Waals surface area contributed by atoms with Crippen molar-refractivity contribution in [3.8, 4) is 0 Å². The number of aromatic nitrogens is 1. The van der Waals surface area contributed by atoms with E-state index in [1.807, 2.05) is 13.8 Å². The first-order valence-electron chi connectivity index (χ1n) is 6.57. The zero-order valence-corrected chi connectivity index (χ0v) is 12.6. The van der Waals surface area contributed by atoms with E-state index in [9.17, 15) is 9.59 Å². The molecule has 1 unspecified atom stereocenters. The van der Waals surface area contributed by atoms with Crippen molar-refractivity contribution >= 4 is 23.2 Å². The maximum atomic E-state index is 12.2. The molecule has 2 N–H and O–H groups in total. The summed E-state index contributed by atoms with van der Waals surface area (Å²) in [7, 11) is 0. The van der Waals surface area contributed by atoms with Crippen LogP contribution in [0, 0.1) is 6.92 Å². The van der Waals surface area contributed by atoms with Crippen LogP contribution in [0.3, 0.4) is 0 Å². The third-order valence-corrected chi connectivity index (χ3v) is 4.05. The lowest BCUT2D eigenvalue weighted by Crippen LogP contribution is -2.28. The number of hydrogen-bond acceptors (Lipinski definition) is 4. The minimum Gasteiger partial charge on any atom is -0.478 e. The fourth-order valence-corrected chi connectivity index (χ4v) is 2.82. The molecule has 1 heterocycles. The second-order valence-electron chi connectivity index (χ2n) is 4.63. The lowest BCUT2D eigenvalue weighted by molar-refractivity contribution is 0.0697. The van der Waals surface area contributed by atoms with Crippen molar-refractivity contribution in [1.29, 1.82) is 0 Å². The number of hydrogen-bond donors (Lipinski definition) is 2. The number of nitrogens with zero attached hydrogens (tertiary/aromatic N) is 1. The first-order valence-corrected chi connectivity index (χ1v) is 7.39. The maximum Gasteiger partial charge on any atom is 0.335 e. The van der Waals surface area contributed by atoms with Crippen LogP contribution in [0.15, 0.2) is 30.5 Å². The fourth-order valence-electron chi connectivity index (χ4n) is 1.91. The SMILES string of the molecule is CCC(NC(=O)c1cccc(C(=O)O)c1)c1ncc(C)s1. The highest BCUT2D eigenvalue weighted by Gasteiger charge is 2.17. The normalized spacial score (nSPS) is 11.9. The third kappa shape index (κ3) is 3.66. The Morgan fingerprint density at radius 1 is 1.38 bits per heavy atom. The molecule has 0 aliphatic carbocycles. The molecule has 110 valence electrons. The summed E-state index contributed by atoms with van der Waals surface area (Å²) in [5, 5.41) is 12.7. The summed E-state index contributed by atoms with van der Waals surface area (Å²) in [5.41, 5.74) is 0.433. The van der Waals surface area contributed by atoms with Gasteiger partial charge in [-0.05, 0) is 31.5 Å². The Labute approximate surface area is 126 Å². The van der Waals surface area contributed by atoms with Gasteiger partial charge < -0.3 is 10.4 Å². The molecule has 0 saturated heterocycles. The van der Waals surface area contributed by atoms with Crippen LogP contribution in [0.1, 0.15) is 50.0 Å². The molecular formula is C15H16N2O3S. The topological polar surface area (TPSA) is 79.3 Å². The molecule has 1 aromatic heterocycles. The van der Waals surface area contributed by atoms with Gasteiger partial charge in [0, 0.05) is 16.6 Å². The van der Waals surface area contributed by atoms with Gasteiger partial charge >= 0.3 is 5.97 Å². The summed E-state index contributed by atoms with van der Waals surface area (Å²) in [6, 6.07) is 5.83. The highest BCUT2D eigenvalue weighted by Crippen LogP contribution is 2.22. The molecule has 0 spiro atoms. The van der Waals surface area contributed by atoms with Crippen molar-refractivity contribution in [2.75, 3.05) is 0 Å². The highest BCUT2D eigenvalue weighted by molar-refractivity contribution is 7.11. The Hall–Kier alpha value is -2.21. The summed E-state index contributed by atoms with van der Waals surface area (Å²) in [5.74, 6) is -1.34. The predicted octanol–water partition coefficient (Wildman–Crippen LogP) is 3.03. The molecule has 2 rings (SSSR count). The fraction of sp³-hybridized carbons (Fsp3) is 0.267. The van der Waals surface area contributed by atoms with Crippen LogP contribution in [0.25, 0.3) is 0 Å². The van der Waals surface area contributed by atoms with E-state index in [0.717, 1.165) is 16.3 Å². The monoisotopic (exact) mass is 304 g/mol. The van der Waals surface area contributed by atoms with Crippen molar-refractivity contribution in [3.63, 3.8) is 0 Å². The summed E-state index contributed by atoms with van der Waals surface area (Å²) in [6.07, 6.45) is 2.50. The van der Waals surface area contributed by atoms with Crippen LogP contribution < -0.4 is 5.32 Å². The number of benzene rings is 1. The van der Waals surface area contributed by atoms with Crippen LogP contribution >= 0.6 is 11.3 Å². The second kappa shape index (κ2) is 6.49. The molecule has 1 aromatic carbocycles. The number of rotatable bonds is 5. The van der Waals surface area contributed by atoms with Gasteiger partial charge in [0.2, 0.25) is 0 Å². The first-order chi connectivity index (χ1) is 10.0. The minimum atomic E-state index is -1.05. The van der Waals surface area contributed by atoms with E-state index >= 15 is 0 Å². The predicted molar refractivity (Wildman–Crippen MR) is 80.8 cm³/mol. The van der Waals surface area contributed by atoms with Crippen LogP contribution in [0.5, 0.6) is 0 Å². The van der Waals surface area contributed by atoms with Gasteiger partial charge in [-0.1, -0.05) is 13.0 Å². The molecule has 1 amide bonds. The quantitative estimate of drug-likeness (QED) is 0.890. The molecule has 21 heavy (non-hydrogen) atoms. The van der Waals surface area contributed by atoms with E-state index in [-0.39, 0.29) is 17.5 Å². The van der Waals surface area contributed by atoms with Crippen molar-refractivity contribution in [2.24, 2.45) is 0 Å². The second-order valence-corrected chi connectivity index (χ2v) is 5.90. The number of aromatic carboxylic acids is 1. The number of carbonyl (C=O) groups excluding carboxylic acids is 1. The van der Waals surface area contributed by atoms with E-state index < -0.39 is 5.97 Å². The summed E-state index contributed by atoms with van der Waals surface area (Å²) in [4.78, 5) is 28.6. The van der Waals surface area contributed by atoms with Crippen LogP contribution in [0.2, 0.25) is 0 Å². The molecule has 0 aliphatic heterocycles. The summed E-state index contributed by atoms with van der Waals surface area (Å²) >= 11 is 1.55. The van der Waals surface area contributed by atoms with Gasteiger partial charge in [-0.15, -0.1) is 11.3 Å². The molecule has 0 saturated carbocycles. The number of nitrogens with one attached hydrogen (secondary N) is 1. The van der Waals surface area contributed by atoms with E-state index in [1.54, 1.807) is 29.7 Å². The average Bonchev–Trinajstić information content (AvgIpc) is 2.91. The minimum absolute atomic E-state index is 0.0980. The summed E-state index contributed by atoms with van der Waals surface area (Å²) < 4.78 is 0. The highest BCUT2D eigenvalue weighted by atomic mass is 32.1. The molecule has 1 atom stereocenters. The molecule has 0 aliphatic rings. The van der Waals surface area contributed by atoms with Gasteiger partial charge in [-0.2, -0.15) is 0 Å². The largest absolute Gasteiger partial charge is 0.478 e. The zero-order chi connectivity index (χ0) is 15.4. The lowest BCUT2D eigenvalue weighted by atomic mass is 10.1. The van der Waals surface area contributed by atoms with Gasteiger partial charge in [0.1, 0.15) is 5.01 Å². The van der Waals surface area contributed by atoms with Crippen molar-refractivity contribution in [3.05, 3.63) is 51.5 Å². The number of carboxylic acids is 1. The van der Waals surface area contributed by atoms with Crippen LogP contribution in [0.4, 0.5) is 0 Å². The number of carboxylic acid groups (broad SMARTS) is 1. The molecule has 2 aromatic rings. The average molecular weight is 304 g/mol. The number of amides is 1. The van der Waals surface area contributed by atoms with Crippen LogP contribution in [-0.4, -0.2) is 22.0 Å². The Morgan fingerprint density at radius 2 is 2.10 bits per heavy atom. The lowest BCUT2D eigenvalue weighted by Gasteiger charge is -2.14. The number of thiazole rings is 1. The van der Waals surface area contributed by atoms with Gasteiger partial charge in [0.15, 0.2) is 0 Å². The van der Waals surface area contributed by atoms with Gasteiger partial charge in [-0.25, -0.2) is 9.78 Å². The third-order valence-electron chi connectivity index (χ3n) is 3.02. The van der Waals surface area contributed by atoms with E-state index in [2.05, 4.69) is 10.3 Å². The van der Waals surface area contributed by atoms with E-state index in [1.165, 1.54) is 12.1 Å². The van der Waals surface area contributed by atoms with Gasteiger partial charge in [-0.3, -0.25) is 4.79 Å². The number of aryl methyl sites for hydroxylation is 1. The van der Waals surface area contributed by atoms with Crippen molar-refractivity contribution in [1.82, 2.24) is 10.3 Å². The standard InChI is InChI=1S/C15H16N2O3S/c1-3-12(14-16-8-9(2)21-14)17-13(18)10-5-4-6-11(7-10)15(19)20/h4-8,12H,3H2,1-2H3,(H,17,18)(H,19,20). The van der Waals surface area contributed by atoms with Crippen molar-refractivity contribution < 1.29 is 14.7 Å². The smallest absolute Gasteiger partial charge is 0.335 e. The number of carbonyl (C=O) groups is 2. The van der Waals surface area contributed by atoms with Gasteiger partial charge in [0.25, 0.3) is 5.91 Å². The van der Waals surface area contributed by atoms with E-state index in [4.69, 9.17) is 5.11 Å². The molecule has 0 radical (unpaired) electrons. The Bertz CT molecular complexity index is 666. The zero-order valence-electron chi connectivity index (χ0n) is 11.8. The Morgan fingerprint density at radius 3 is 2.67 bits per heavy atom.